The lowest BCUT2D eigenvalue weighted by molar-refractivity contribution is -0.119. The topological polar surface area (TPSA) is 37.3 Å². The Morgan fingerprint density at radius 3 is 2.27 bits per heavy atom. The lowest BCUT2D eigenvalue weighted by Gasteiger charge is -2.24. The molecule has 0 atom stereocenters. The van der Waals surface area contributed by atoms with Gasteiger partial charge in [-0.25, -0.2) is 0 Å². The number of hydrogen-bond donors (Lipinski definition) is 1. The van der Waals surface area contributed by atoms with E-state index in [1.165, 1.54) is 19.3 Å². The van der Waals surface area contributed by atoms with Crippen molar-refractivity contribution in [3.63, 3.8) is 0 Å². The van der Waals surface area contributed by atoms with Crippen molar-refractivity contribution in [1.82, 2.24) is 0 Å². The number of hydrogen-bond acceptors (Lipinski definition) is 2. The minimum absolute atomic E-state index is 0.00192. The summed E-state index contributed by atoms with van der Waals surface area (Å²) in [6, 6.07) is 0. The lowest BCUT2D eigenvalue weighted by Crippen LogP contribution is -2.12. The van der Waals surface area contributed by atoms with Crippen molar-refractivity contribution in [2.75, 3.05) is 6.61 Å². The molecule has 0 spiro atoms. The minimum Gasteiger partial charge on any atom is -0.396 e. The Bertz CT molecular complexity index is 173. The third-order valence-corrected chi connectivity index (χ3v) is 2.91. The first-order chi connectivity index (χ1) is 7.02. The summed E-state index contributed by atoms with van der Waals surface area (Å²) in [7, 11) is 0. The normalized spacial score (nSPS) is 11.7. The zero-order chi connectivity index (χ0) is 11.7. The second-order valence-corrected chi connectivity index (χ2v) is 5.13. The number of aliphatic hydroxyl groups excluding tert-OH is 1. The smallest absolute Gasteiger partial charge is 0.135 e. The van der Waals surface area contributed by atoms with E-state index in [0.717, 1.165) is 12.8 Å². The van der Waals surface area contributed by atoms with E-state index in [0.29, 0.717) is 18.3 Å². The van der Waals surface area contributed by atoms with Gasteiger partial charge in [0, 0.05) is 19.4 Å². The molecule has 0 aliphatic rings. The molecule has 0 saturated carbocycles. The van der Waals surface area contributed by atoms with Crippen LogP contribution in [-0.4, -0.2) is 17.5 Å². The summed E-state index contributed by atoms with van der Waals surface area (Å²) in [5, 5.41) is 8.59. The van der Waals surface area contributed by atoms with Crippen LogP contribution in [0.25, 0.3) is 0 Å². The molecule has 0 aromatic rings. The summed E-state index contributed by atoms with van der Waals surface area (Å²) in [6.45, 7) is 6.76. The van der Waals surface area contributed by atoms with Crippen LogP contribution in [-0.2, 0) is 4.79 Å². The number of aliphatic hydroxyl groups is 1. The lowest BCUT2D eigenvalue weighted by atomic mass is 9.82. The fraction of sp³-hybridized carbons (Fsp3) is 0.923. The molecule has 0 rings (SSSR count). The van der Waals surface area contributed by atoms with Gasteiger partial charge in [0.1, 0.15) is 5.78 Å². The Kier molecular flexibility index (Phi) is 7.67. The van der Waals surface area contributed by atoms with Crippen LogP contribution < -0.4 is 0 Å². The van der Waals surface area contributed by atoms with Crippen LogP contribution in [0, 0.1) is 5.41 Å². The molecule has 0 aromatic carbocycles. The third-order valence-electron chi connectivity index (χ3n) is 2.91. The Balaban J connectivity index is 3.60. The Labute approximate surface area is 94.1 Å². The SMILES string of the molecule is CCCCC(C)(C)CCCC(=O)CCO. The maximum atomic E-state index is 11.2. The van der Waals surface area contributed by atoms with Crippen molar-refractivity contribution < 1.29 is 9.90 Å². The number of unbranched alkanes of at least 4 members (excludes halogenated alkanes) is 1. The Morgan fingerprint density at radius 2 is 1.73 bits per heavy atom. The molecule has 0 unspecified atom stereocenters. The molecule has 0 aliphatic carbocycles. The summed E-state index contributed by atoms with van der Waals surface area (Å²) in [6.07, 6.45) is 6.81. The number of ketones is 1. The fourth-order valence-corrected chi connectivity index (χ4v) is 1.79. The number of Topliss-reactive ketones (excluding diaryl/α,β-unsaturated/α-hetero) is 1. The Hall–Kier alpha value is -0.370. The second-order valence-electron chi connectivity index (χ2n) is 5.13. The average molecular weight is 214 g/mol. The van der Waals surface area contributed by atoms with Crippen molar-refractivity contribution in [2.45, 2.75) is 65.7 Å². The predicted molar refractivity (Wildman–Crippen MR) is 63.9 cm³/mol. The first kappa shape index (κ1) is 14.6. The molecule has 0 saturated heterocycles. The zero-order valence-electron chi connectivity index (χ0n) is 10.5. The number of carbonyl (C=O) groups is 1. The van der Waals surface area contributed by atoms with E-state index in [1.54, 1.807) is 0 Å². The molecular formula is C13H26O2. The van der Waals surface area contributed by atoms with Gasteiger partial charge < -0.3 is 5.11 Å². The van der Waals surface area contributed by atoms with E-state index >= 15 is 0 Å². The van der Waals surface area contributed by atoms with Gasteiger partial charge in [-0.15, -0.1) is 0 Å². The highest BCUT2D eigenvalue weighted by Crippen LogP contribution is 2.29. The highest BCUT2D eigenvalue weighted by Gasteiger charge is 2.16. The van der Waals surface area contributed by atoms with Gasteiger partial charge in [0.25, 0.3) is 0 Å². The van der Waals surface area contributed by atoms with E-state index in [1.807, 2.05) is 0 Å². The Morgan fingerprint density at radius 1 is 1.13 bits per heavy atom. The second kappa shape index (κ2) is 7.86. The largest absolute Gasteiger partial charge is 0.396 e. The summed E-state index contributed by atoms with van der Waals surface area (Å²) in [5.74, 6) is 0.198. The molecule has 15 heavy (non-hydrogen) atoms. The van der Waals surface area contributed by atoms with Gasteiger partial charge in [-0.3, -0.25) is 4.79 Å². The van der Waals surface area contributed by atoms with E-state index < -0.39 is 0 Å². The summed E-state index contributed by atoms with van der Waals surface area (Å²) in [5.41, 5.74) is 0.371. The molecular weight excluding hydrogens is 188 g/mol. The molecule has 0 heterocycles. The van der Waals surface area contributed by atoms with Crippen molar-refractivity contribution in [3.05, 3.63) is 0 Å². The van der Waals surface area contributed by atoms with Gasteiger partial charge in [0.15, 0.2) is 0 Å². The average Bonchev–Trinajstić information content (AvgIpc) is 2.15. The summed E-state index contributed by atoms with van der Waals surface area (Å²) in [4.78, 5) is 11.2. The van der Waals surface area contributed by atoms with Gasteiger partial charge in [0.05, 0.1) is 0 Å². The van der Waals surface area contributed by atoms with Crippen molar-refractivity contribution in [2.24, 2.45) is 5.41 Å². The van der Waals surface area contributed by atoms with Crippen molar-refractivity contribution >= 4 is 5.78 Å². The molecule has 2 nitrogen and oxygen atoms in total. The van der Waals surface area contributed by atoms with Gasteiger partial charge in [-0.1, -0.05) is 33.6 Å². The highest BCUT2D eigenvalue weighted by molar-refractivity contribution is 5.78. The molecule has 90 valence electrons. The van der Waals surface area contributed by atoms with Crippen LogP contribution in [0.1, 0.15) is 65.7 Å². The van der Waals surface area contributed by atoms with Gasteiger partial charge in [-0.2, -0.15) is 0 Å². The van der Waals surface area contributed by atoms with Crippen LogP contribution in [0.4, 0.5) is 0 Å². The molecule has 0 bridgehead atoms. The van der Waals surface area contributed by atoms with Crippen LogP contribution in [0.3, 0.4) is 0 Å². The fourth-order valence-electron chi connectivity index (χ4n) is 1.79. The quantitative estimate of drug-likeness (QED) is 0.639. The maximum absolute atomic E-state index is 11.2. The summed E-state index contributed by atoms with van der Waals surface area (Å²) >= 11 is 0. The highest BCUT2D eigenvalue weighted by atomic mass is 16.3. The van der Waals surface area contributed by atoms with E-state index in [2.05, 4.69) is 20.8 Å². The molecule has 0 radical (unpaired) electrons. The predicted octanol–water partition coefficient (Wildman–Crippen LogP) is 3.32. The van der Waals surface area contributed by atoms with Crippen molar-refractivity contribution in [3.8, 4) is 0 Å². The first-order valence-electron chi connectivity index (χ1n) is 6.14. The van der Waals surface area contributed by atoms with Crippen LogP contribution in [0.5, 0.6) is 0 Å². The minimum atomic E-state index is -0.00192. The number of rotatable bonds is 9. The van der Waals surface area contributed by atoms with E-state index in [-0.39, 0.29) is 12.4 Å². The molecule has 2 heteroatoms. The molecule has 0 amide bonds. The summed E-state index contributed by atoms with van der Waals surface area (Å²) < 4.78 is 0. The molecule has 0 aliphatic heterocycles. The van der Waals surface area contributed by atoms with E-state index in [9.17, 15) is 4.79 Å². The standard InChI is InChI=1S/C13H26O2/c1-4-5-9-13(2,3)10-6-7-12(15)8-11-14/h14H,4-11H2,1-3H3. The molecule has 0 aromatic heterocycles. The van der Waals surface area contributed by atoms with Crippen molar-refractivity contribution in [1.29, 1.82) is 0 Å². The van der Waals surface area contributed by atoms with Gasteiger partial charge in [0.2, 0.25) is 0 Å². The maximum Gasteiger partial charge on any atom is 0.135 e. The van der Waals surface area contributed by atoms with Crippen LogP contribution >= 0.6 is 0 Å². The van der Waals surface area contributed by atoms with Gasteiger partial charge in [-0.05, 0) is 24.7 Å². The number of carbonyl (C=O) groups excluding carboxylic acids is 1. The van der Waals surface area contributed by atoms with Crippen LogP contribution in [0.15, 0.2) is 0 Å². The van der Waals surface area contributed by atoms with Gasteiger partial charge >= 0.3 is 0 Å². The van der Waals surface area contributed by atoms with E-state index in [4.69, 9.17) is 5.11 Å². The molecule has 0 fully saturated rings. The molecule has 1 N–H and O–H groups in total. The zero-order valence-corrected chi connectivity index (χ0v) is 10.5. The monoisotopic (exact) mass is 214 g/mol. The third kappa shape index (κ3) is 8.61. The first-order valence-corrected chi connectivity index (χ1v) is 6.14. The van der Waals surface area contributed by atoms with Crippen LogP contribution in [0.2, 0.25) is 0 Å².